The van der Waals surface area contributed by atoms with Gasteiger partial charge in [0.05, 0.1) is 35.1 Å². The molecule has 4 amide bonds. The number of nitrogens with one attached hydrogen (secondary N) is 1. The predicted octanol–water partition coefficient (Wildman–Crippen LogP) is 5.45. The molecule has 6 rings (SSSR count). The molecule has 2 aromatic heterocycles. The summed E-state index contributed by atoms with van der Waals surface area (Å²) in [6, 6.07) is 25.1. The van der Waals surface area contributed by atoms with Crippen LogP contribution < -0.4 is 11.1 Å². The third-order valence-electron chi connectivity index (χ3n) is 8.92. The number of imidazole rings is 1. The van der Waals surface area contributed by atoms with E-state index < -0.39 is 34.1 Å². The number of urea groups is 1. The van der Waals surface area contributed by atoms with Crippen molar-refractivity contribution < 1.29 is 32.3 Å². The molecule has 15 heteroatoms. The maximum atomic E-state index is 13.3. The summed E-state index contributed by atoms with van der Waals surface area (Å²) in [4.78, 5) is 51.2. The van der Waals surface area contributed by atoms with Crippen LogP contribution in [0.2, 0.25) is 0 Å². The number of amides is 4. The van der Waals surface area contributed by atoms with Gasteiger partial charge in [-0.15, -0.1) is 0 Å². The minimum Gasteiger partial charge on any atom is -0.445 e. The molecule has 1 fully saturated rings. The Kier molecular flexibility index (Phi) is 11.2. The molecule has 52 heavy (non-hydrogen) atoms. The van der Waals surface area contributed by atoms with E-state index in [9.17, 15) is 22.8 Å². The zero-order valence-corrected chi connectivity index (χ0v) is 29.6. The van der Waals surface area contributed by atoms with Gasteiger partial charge in [-0.1, -0.05) is 78.9 Å². The van der Waals surface area contributed by atoms with Crippen molar-refractivity contribution in [1.29, 1.82) is 0 Å². The van der Waals surface area contributed by atoms with Crippen molar-refractivity contribution in [2.24, 2.45) is 5.73 Å². The Hall–Kier alpha value is -5.70. The molecule has 5 aromatic rings. The number of fused-ring (bicyclic) bond motifs is 3. The van der Waals surface area contributed by atoms with Crippen LogP contribution in [0.4, 0.5) is 20.2 Å². The van der Waals surface area contributed by atoms with E-state index in [0.717, 1.165) is 16.5 Å². The third-order valence-corrected chi connectivity index (χ3v) is 10.7. The zero-order valence-electron chi connectivity index (χ0n) is 28.8. The minimum absolute atomic E-state index is 0.0642. The summed E-state index contributed by atoms with van der Waals surface area (Å²) in [6.45, 7) is 3.16. The van der Waals surface area contributed by atoms with E-state index in [0.29, 0.717) is 48.3 Å². The molecule has 0 spiro atoms. The van der Waals surface area contributed by atoms with Gasteiger partial charge in [0.15, 0.2) is 15.7 Å². The van der Waals surface area contributed by atoms with Gasteiger partial charge >= 0.3 is 18.2 Å². The van der Waals surface area contributed by atoms with Crippen LogP contribution in [-0.4, -0.2) is 81.6 Å². The molecule has 1 aliphatic rings. The molecule has 3 aromatic carbocycles. The number of rotatable bonds is 14. The number of hydrogen-bond acceptors (Lipinski definition) is 9. The van der Waals surface area contributed by atoms with Crippen molar-refractivity contribution in [3.8, 4) is 0 Å². The lowest BCUT2D eigenvalue weighted by Crippen LogP contribution is -2.57. The SMILES string of the molecule is CCN(Cc1nc2c(NC(=O)OCc3ccccc3)nc3ccccc3c2n1CCCCN(C(N)=O)C1CS(=O)(=O)C1)C(=O)OCc1ccccc1. The Bertz CT molecular complexity index is 2150. The number of sulfone groups is 1. The first-order valence-corrected chi connectivity index (χ1v) is 18.9. The molecule has 0 unspecified atom stereocenters. The van der Waals surface area contributed by atoms with E-state index in [-0.39, 0.29) is 43.6 Å². The van der Waals surface area contributed by atoms with Crippen LogP contribution in [0.15, 0.2) is 84.9 Å². The molecule has 0 atom stereocenters. The molecule has 14 nitrogen and oxygen atoms in total. The number of benzene rings is 3. The fourth-order valence-corrected chi connectivity index (χ4v) is 7.65. The Balaban J connectivity index is 1.29. The summed E-state index contributed by atoms with van der Waals surface area (Å²) in [6.07, 6.45) is -0.128. The van der Waals surface area contributed by atoms with Gasteiger partial charge in [-0.25, -0.2) is 32.8 Å². The number of aromatic nitrogens is 3. The number of ether oxygens (including phenoxy) is 2. The third kappa shape index (κ3) is 8.60. The summed E-state index contributed by atoms with van der Waals surface area (Å²) in [5, 5.41) is 3.57. The normalized spacial score (nSPS) is 13.7. The minimum atomic E-state index is -3.15. The number of unbranched alkanes of at least 4 members (excludes halogenated alkanes) is 1. The summed E-state index contributed by atoms with van der Waals surface area (Å²) in [7, 11) is -3.15. The second-order valence-electron chi connectivity index (χ2n) is 12.6. The van der Waals surface area contributed by atoms with Crippen molar-refractivity contribution in [3.63, 3.8) is 0 Å². The first-order valence-electron chi connectivity index (χ1n) is 17.1. The van der Waals surface area contributed by atoms with Crippen LogP contribution in [0.25, 0.3) is 21.9 Å². The fraction of sp³-hybridized carbons (Fsp3) is 0.324. The maximum Gasteiger partial charge on any atom is 0.413 e. The van der Waals surface area contributed by atoms with Gasteiger partial charge in [0.25, 0.3) is 0 Å². The number of primary amides is 1. The van der Waals surface area contributed by atoms with Gasteiger partial charge in [-0.2, -0.15) is 0 Å². The number of anilines is 1. The molecular formula is C37H41N7O7S. The average molecular weight is 728 g/mol. The van der Waals surface area contributed by atoms with Crippen LogP contribution in [0, 0.1) is 0 Å². The van der Waals surface area contributed by atoms with Crippen molar-refractivity contribution in [3.05, 3.63) is 102 Å². The number of carbonyl (C=O) groups is 3. The number of carbonyl (C=O) groups excluding carboxylic acids is 3. The molecule has 0 aliphatic carbocycles. The van der Waals surface area contributed by atoms with Crippen molar-refractivity contribution >= 4 is 55.8 Å². The van der Waals surface area contributed by atoms with E-state index >= 15 is 0 Å². The van der Waals surface area contributed by atoms with E-state index in [4.69, 9.17) is 25.2 Å². The van der Waals surface area contributed by atoms with E-state index in [1.54, 1.807) is 4.90 Å². The molecule has 0 radical (unpaired) electrons. The molecule has 1 saturated heterocycles. The number of hydrogen-bond donors (Lipinski definition) is 2. The highest BCUT2D eigenvalue weighted by molar-refractivity contribution is 7.92. The monoisotopic (exact) mass is 727 g/mol. The van der Waals surface area contributed by atoms with Gasteiger partial charge in [-0.3, -0.25) is 5.32 Å². The Labute approximate surface area is 301 Å². The van der Waals surface area contributed by atoms with Crippen LogP contribution in [0.5, 0.6) is 0 Å². The van der Waals surface area contributed by atoms with Crippen molar-refractivity contribution in [2.45, 2.75) is 52.1 Å². The number of nitrogens with zero attached hydrogens (tertiary/aromatic N) is 5. The number of nitrogens with two attached hydrogens (primary N) is 1. The van der Waals surface area contributed by atoms with Crippen LogP contribution >= 0.6 is 0 Å². The highest BCUT2D eigenvalue weighted by atomic mass is 32.2. The molecule has 272 valence electrons. The van der Waals surface area contributed by atoms with Crippen LogP contribution in [-0.2, 0) is 45.6 Å². The zero-order chi connectivity index (χ0) is 36.7. The molecular weight excluding hydrogens is 687 g/mol. The van der Waals surface area contributed by atoms with Crippen molar-refractivity contribution in [1.82, 2.24) is 24.3 Å². The smallest absolute Gasteiger partial charge is 0.413 e. The van der Waals surface area contributed by atoms with E-state index in [2.05, 4.69) is 5.32 Å². The number of aryl methyl sites for hydroxylation is 1. The average Bonchev–Trinajstić information content (AvgIpc) is 3.50. The van der Waals surface area contributed by atoms with E-state index in [1.165, 1.54) is 4.90 Å². The lowest BCUT2D eigenvalue weighted by molar-refractivity contribution is 0.0944. The molecule has 0 saturated carbocycles. The maximum absolute atomic E-state index is 13.3. The fourth-order valence-electron chi connectivity index (χ4n) is 6.22. The first kappa shape index (κ1) is 36.1. The highest BCUT2D eigenvalue weighted by Gasteiger charge is 2.39. The molecule has 3 heterocycles. The summed E-state index contributed by atoms with van der Waals surface area (Å²) < 4.78 is 36.7. The Morgan fingerprint density at radius 1 is 0.885 bits per heavy atom. The quantitative estimate of drug-likeness (QED) is 0.141. The van der Waals surface area contributed by atoms with Crippen molar-refractivity contribution in [2.75, 3.05) is 29.9 Å². The molecule has 3 N–H and O–H groups in total. The highest BCUT2D eigenvalue weighted by Crippen LogP contribution is 2.31. The van der Waals surface area contributed by atoms with Gasteiger partial charge in [0.2, 0.25) is 0 Å². The Morgan fingerprint density at radius 2 is 1.52 bits per heavy atom. The van der Waals surface area contributed by atoms with Gasteiger partial charge < -0.3 is 29.6 Å². The Morgan fingerprint density at radius 3 is 2.15 bits per heavy atom. The summed E-state index contributed by atoms with van der Waals surface area (Å²) in [5.74, 6) is 0.543. The lowest BCUT2D eigenvalue weighted by atomic mass is 10.1. The number of pyridine rings is 1. The van der Waals surface area contributed by atoms with Crippen LogP contribution in [0.3, 0.4) is 0 Å². The first-order chi connectivity index (χ1) is 25.1. The topological polar surface area (TPSA) is 179 Å². The van der Waals surface area contributed by atoms with Gasteiger partial charge in [0, 0.05) is 25.0 Å². The second kappa shape index (κ2) is 16.1. The second-order valence-corrected chi connectivity index (χ2v) is 14.7. The standard InChI is InChI=1S/C37H41N7O7S/c1-2-42(37(47)51-23-27-15-7-4-8-16-27)21-31-40-32-33(44(31)20-12-11-19-43(35(38)45)28-24-52(48,49)25-28)29-17-9-10-18-30(29)39-34(32)41-36(46)50-22-26-13-5-3-6-14-26/h3-10,13-18,28H,2,11-12,19-25H2,1H3,(H2,38,45)(H,39,41,46). The van der Waals surface area contributed by atoms with Crippen LogP contribution in [0.1, 0.15) is 36.7 Å². The molecule has 1 aliphatic heterocycles. The van der Waals surface area contributed by atoms with Gasteiger partial charge in [0.1, 0.15) is 24.6 Å². The predicted molar refractivity (Wildman–Crippen MR) is 196 cm³/mol. The summed E-state index contributed by atoms with van der Waals surface area (Å²) >= 11 is 0. The largest absolute Gasteiger partial charge is 0.445 e. The lowest BCUT2D eigenvalue weighted by Gasteiger charge is -2.36. The summed E-state index contributed by atoms with van der Waals surface area (Å²) in [5.41, 5.74) is 9.03. The van der Waals surface area contributed by atoms with E-state index in [1.807, 2.05) is 96.4 Å². The number of para-hydroxylation sites is 1. The van der Waals surface area contributed by atoms with Gasteiger partial charge in [-0.05, 0) is 37.0 Å². The molecule has 0 bridgehead atoms.